The molecule has 0 aromatic heterocycles. The molecule has 0 bridgehead atoms. The van der Waals surface area contributed by atoms with Crippen LogP contribution >= 0.6 is 0 Å². The molecule has 0 aliphatic rings. The minimum atomic E-state index is -1.88. The van der Waals surface area contributed by atoms with E-state index in [1.807, 2.05) is 0 Å². The van der Waals surface area contributed by atoms with Crippen molar-refractivity contribution in [2.45, 2.75) is 149 Å². The van der Waals surface area contributed by atoms with Gasteiger partial charge in [-0.15, -0.1) is 0 Å². The van der Waals surface area contributed by atoms with Crippen LogP contribution in [0.25, 0.3) is 0 Å². The van der Waals surface area contributed by atoms with Crippen LogP contribution in [0.3, 0.4) is 0 Å². The van der Waals surface area contributed by atoms with Crippen molar-refractivity contribution < 1.29 is 78.0 Å². The molecule has 10 amide bonds. The lowest BCUT2D eigenvalue weighted by atomic mass is 9.95. The van der Waals surface area contributed by atoms with E-state index in [9.17, 15) is 78.0 Å². The molecule has 0 heterocycles. The molecule has 0 aliphatic carbocycles. The lowest BCUT2D eigenvalue weighted by Crippen LogP contribution is -2.62. The third kappa shape index (κ3) is 22.3. The minimum absolute atomic E-state index is 0.0116. The molecule has 0 spiro atoms. The van der Waals surface area contributed by atoms with Gasteiger partial charge in [-0.05, 0) is 55.7 Å². The molecule has 1 aromatic rings. The highest BCUT2D eigenvalue weighted by Gasteiger charge is 2.37. The van der Waals surface area contributed by atoms with Gasteiger partial charge in [0.25, 0.3) is 0 Å². The molecule has 1 aromatic carbocycles. The summed E-state index contributed by atoms with van der Waals surface area (Å²) in [4.78, 5) is 154. The number of carboxylic acid groups (broad SMARTS) is 2. The predicted octanol–water partition coefficient (Wildman–Crippen LogP) is -3.47. The number of phenolic OH excluding ortho intramolecular Hbond substituents is 1. The van der Waals surface area contributed by atoms with Gasteiger partial charge in [-0.25, -0.2) is 4.79 Å². The van der Waals surface area contributed by atoms with Crippen molar-refractivity contribution in [1.82, 2.24) is 47.9 Å². The zero-order chi connectivity index (χ0) is 54.4. The first kappa shape index (κ1) is 61.6. The topological polar surface area (TPSA) is 420 Å². The number of aliphatic hydroxyl groups excluding tert-OH is 1. The van der Waals surface area contributed by atoms with E-state index in [2.05, 4.69) is 47.9 Å². The Hall–Kier alpha value is -7.38. The van der Waals surface area contributed by atoms with E-state index in [1.54, 1.807) is 39.8 Å². The number of amides is 10. The maximum absolute atomic E-state index is 13.9. The van der Waals surface area contributed by atoms with Crippen LogP contribution in [-0.4, -0.2) is 152 Å². The van der Waals surface area contributed by atoms with Crippen LogP contribution in [0.5, 0.6) is 5.75 Å². The van der Waals surface area contributed by atoms with E-state index in [4.69, 9.17) is 5.73 Å². The Morgan fingerprint density at radius 1 is 0.577 bits per heavy atom. The number of nitrogens with one attached hydrogen (secondary N) is 9. The molecule has 26 nitrogen and oxygen atoms in total. The molecular weight excluding hydrogens is 937 g/mol. The summed E-state index contributed by atoms with van der Waals surface area (Å²) in [5.74, 6) is -14.3. The number of phenols is 1. The average Bonchev–Trinajstić information content (AvgIpc) is 3.26. The molecular formula is C45H70N10O16. The molecule has 0 saturated heterocycles. The highest BCUT2D eigenvalue weighted by atomic mass is 16.4. The van der Waals surface area contributed by atoms with Gasteiger partial charge in [0.1, 0.15) is 54.1 Å². The molecule has 1 rings (SSSR count). The van der Waals surface area contributed by atoms with Crippen LogP contribution < -0.4 is 53.6 Å². The Bertz CT molecular complexity index is 2080. The molecule has 0 fully saturated rings. The van der Waals surface area contributed by atoms with Gasteiger partial charge >= 0.3 is 11.9 Å². The summed E-state index contributed by atoms with van der Waals surface area (Å²) in [5.41, 5.74) is 5.94. The number of aliphatic carboxylic acids is 2. The van der Waals surface area contributed by atoms with Crippen molar-refractivity contribution in [3.63, 3.8) is 0 Å². The summed E-state index contributed by atoms with van der Waals surface area (Å²) >= 11 is 0. The Kier molecular flexibility index (Phi) is 25.7. The fourth-order valence-electron chi connectivity index (χ4n) is 6.67. The standard InChI is InChI=1S/C45H70N10O16/c1-10-22(6)36(43(68)51-29(17-32(46)59)40(65)50-30(18-34(61)62)41(66)52-31(45(70)71)15-20(2)3)55-42(67)35(21(4)5)54-44(69)37(24(8)56)53-33(60)19-47-38(63)23(7)48-39(64)28(49-25(9)57)16-26-11-13-27(58)14-12-26/h11-14,20-24,28-31,35-37,56,58H,10,15-19H2,1-9H3,(H2,46,59)(H,47,63)(H,48,64)(H,49,57)(H,50,65)(H,51,68)(H,52,66)(H,53,60)(H,54,69)(H,55,67)(H,61,62)(H,70,71)/t22-,23-,24+,28-,29-,30-,31-,35+,36-,37-/m0/s1. The number of aliphatic hydroxyl groups is 1. The summed E-state index contributed by atoms with van der Waals surface area (Å²) in [6, 6.07) is -6.25. The largest absolute Gasteiger partial charge is 0.508 e. The Labute approximate surface area is 410 Å². The van der Waals surface area contributed by atoms with Gasteiger partial charge in [0, 0.05) is 13.3 Å². The minimum Gasteiger partial charge on any atom is -0.508 e. The van der Waals surface area contributed by atoms with Gasteiger partial charge < -0.3 is 74.0 Å². The quantitative estimate of drug-likeness (QED) is 0.0356. The summed E-state index contributed by atoms with van der Waals surface area (Å²) < 4.78 is 0. The number of aromatic hydroxyl groups is 1. The van der Waals surface area contributed by atoms with Gasteiger partial charge in [0.2, 0.25) is 59.1 Å². The average molecular weight is 1010 g/mol. The first-order valence-corrected chi connectivity index (χ1v) is 22.8. The lowest BCUT2D eigenvalue weighted by molar-refractivity contribution is -0.144. The second kappa shape index (κ2) is 29.6. The number of carboxylic acids is 2. The monoisotopic (exact) mass is 1010 g/mol. The number of rotatable bonds is 30. The maximum atomic E-state index is 13.9. The van der Waals surface area contributed by atoms with Crippen molar-refractivity contribution in [3.05, 3.63) is 29.8 Å². The van der Waals surface area contributed by atoms with Crippen LogP contribution in [0.4, 0.5) is 0 Å². The zero-order valence-electron chi connectivity index (χ0n) is 41.2. The van der Waals surface area contributed by atoms with Crippen molar-refractivity contribution in [2.75, 3.05) is 6.54 Å². The lowest BCUT2D eigenvalue weighted by Gasteiger charge is -2.30. The second-order valence-corrected chi connectivity index (χ2v) is 17.9. The van der Waals surface area contributed by atoms with Crippen LogP contribution in [0, 0.1) is 17.8 Å². The van der Waals surface area contributed by atoms with Gasteiger partial charge in [-0.1, -0.05) is 60.1 Å². The maximum Gasteiger partial charge on any atom is 0.326 e. The summed E-state index contributed by atoms with van der Waals surface area (Å²) in [6.45, 7) is 12.5. The van der Waals surface area contributed by atoms with E-state index < -0.39 is 157 Å². The van der Waals surface area contributed by atoms with Crippen molar-refractivity contribution in [1.29, 1.82) is 0 Å². The Morgan fingerprint density at radius 3 is 1.55 bits per heavy atom. The SMILES string of the molecule is CC[C@H](C)[C@H](NC(=O)[C@H](NC(=O)[C@@H](NC(=O)CNC(=O)[C@H](C)NC(=O)[C@H](Cc1ccc(O)cc1)NC(C)=O)[C@@H](C)O)C(C)C)C(=O)N[C@@H](CC(N)=O)C(=O)N[C@@H](CC(=O)O)C(=O)N[C@@H](CC(C)C)C(=O)O. The van der Waals surface area contributed by atoms with E-state index >= 15 is 0 Å². The first-order valence-electron chi connectivity index (χ1n) is 22.8. The van der Waals surface area contributed by atoms with Crippen LogP contribution in [0.2, 0.25) is 0 Å². The van der Waals surface area contributed by atoms with Gasteiger partial charge in [-0.2, -0.15) is 0 Å². The van der Waals surface area contributed by atoms with Gasteiger partial charge in [0.15, 0.2) is 0 Å². The zero-order valence-corrected chi connectivity index (χ0v) is 41.2. The van der Waals surface area contributed by atoms with Gasteiger partial charge in [0.05, 0.1) is 25.5 Å². The third-order valence-corrected chi connectivity index (χ3v) is 10.7. The third-order valence-electron chi connectivity index (χ3n) is 10.7. The summed E-state index contributed by atoms with van der Waals surface area (Å²) in [5, 5.41) is 60.1. The highest BCUT2D eigenvalue weighted by Crippen LogP contribution is 2.14. The molecule has 10 atom stereocenters. The number of benzene rings is 1. The summed E-state index contributed by atoms with van der Waals surface area (Å²) in [6.07, 6.45) is -3.26. The number of carbonyl (C=O) groups is 12. The smallest absolute Gasteiger partial charge is 0.326 e. The number of carbonyl (C=O) groups excluding carboxylic acids is 10. The second-order valence-electron chi connectivity index (χ2n) is 17.9. The Balaban J connectivity index is 3.15. The predicted molar refractivity (Wildman–Crippen MR) is 251 cm³/mol. The fourth-order valence-corrected chi connectivity index (χ4v) is 6.67. The molecule has 396 valence electrons. The summed E-state index contributed by atoms with van der Waals surface area (Å²) in [7, 11) is 0. The highest BCUT2D eigenvalue weighted by molar-refractivity contribution is 5.99. The molecule has 15 N–H and O–H groups in total. The molecule has 26 heteroatoms. The molecule has 0 saturated carbocycles. The van der Waals surface area contributed by atoms with Crippen LogP contribution in [0.1, 0.15) is 93.6 Å². The fraction of sp³-hybridized carbons (Fsp3) is 0.600. The number of nitrogens with two attached hydrogens (primary N) is 1. The number of primary amides is 1. The van der Waals surface area contributed by atoms with Crippen molar-refractivity contribution in [3.8, 4) is 5.75 Å². The van der Waals surface area contributed by atoms with Crippen LogP contribution in [-0.2, 0) is 64.0 Å². The van der Waals surface area contributed by atoms with E-state index in [0.717, 1.165) is 6.92 Å². The number of hydrogen-bond acceptors (Lipinski definition) is 14. The molecule has 71 heavy (non-hydrogen) atoms. The Morgan fingerprint density at radius 2 is 1.07 bits per heavy atom. The first-order chi connectivity index (χ1) is 33.0. The van der Waals surface area contributed by atoms with Gasteiger partial charge in [-0.3, -0.25) is 52.7 Å². The van der Waals surface area contributed by atoms with Crippen molar-refractivity contribution in [2.24, 2.45) is 23.5 Å². The normalized spacial score (nSPS) is 15.3. The molecule has 0 aliphatic heterocycles. The number of hydrogen-bond donors (Lipinski definition) is 14. The van der Waals surface area contributed by atoms with Crippen molar-refractivity contribution >= 4 is 71.0 Å². The van der Waals surface area contributed by atoms with Crippen LogP contribution in [0.15, 0.2) is 24.3 Å². The van der Waals surface area contributed by atoms with E-state index in [-0.39, 0.29) is 30.9 Å². The molecule has 0 unspecified atom stereocenters. The van der Waals surface area contributed by atoms with E-state index in [1.165, 1.54) is 39.8 Å². The van der Waals surface area contributed by atoms with E-state index in [0.29, 0.717) is 5.56 Å². The molecule has 0 radical (unpaired) electrons.